The number of likely N-dealkylation sites (N-methyl/N-ethyl adjacent to an activating group) is 1. The van der Waals surface area contributed by atoms with Gasteiger partial charge in [-0.1, -0.05) is 24.3 Å². The van der Waals surface area contributed by atoms with Gasteiger partial charge in [-0.15, -0.1) is 0 Å². The number of aryl methyl sites for hydroxylation is 1. The second-order valence-corrected chi connectivity index (χ2v) is 8.69. The topological polar surface area (TPSA) is 75.7 Å². The number of hydrogen-bond donors (Lipinski definition) is 1. The van der Waals surface area contributed by atoms with Crippen molar-refractivity contribution in [3.8, 4) is 5.75 Å². The van der Waals surface area contributed by atoms with Crippen LogP contribution in [0.1, 0.15) is 30.0 Å². The molecule has 2 aromatic rings. The van der Waals surface area contributed by atoms with Crippen LogP contribution < -0.4 is 10.1 Å². The van der Waals surface area contributed by atoms with E-state index in [-0.39, 0.29) is 23.4 Å². The number of carbonyl (C=O) groups excluding carboxylic acids is 1. The monoisotopic (exact) mass is 388 g/mol. The highest BCUT2D eigenvalue weighted by Crippen LogP contribution is 2.29. The van der Waals surface area contributed by atoms with Crippen LogP contribution in [-0.4, -0.2) is 39.3 Å². The molecule has 1 N–H and O–H groups in total. The summed E-state index contributed by atoms with van der Waals surface area (Å²) < 4.78 is 31.4. The maximum absolute atomic E-state index is 12.7. The molecule has 7 heteroatoms. The standard InChI is InChI=1S/C20H24N2O4S/c1-22(27(24,25)17-12-10-16(26-2)11-13-17)14-20(23)21-19-9-5-7-15-6-3-4-8-18(15)19/h3-4,6,8,10-13,19H,5,7,9,14H2,1-2H3,(H,21,23)/t19-/m0/s1. The van der Waals surface area contributed by atoms with Gasteiger partial charge in [0.25, 0.3) is 0 Å². The summed E-state index contributed by atoms with van der Waals surface area (Å²) in [4.78, 5) is 12.6. The van der Waals surface area contributed by atoms with Crippen LogP contribution in [0.25, 0.3) is 0 Å². The fourth-order valence-electron chi connectivity index (χ4n) is 3.36. The first-order valence-corrected chi connectivity index (χ1v) is 10.3. The van der Waals surface area contributed by atoms with E-state index in [2.05, 4.69) is 11.4 Å². The van der Waals surface area contributed by atoms with E-state index in [0.29, 0.717) is 5.75 Å². The minimum Gasteiger partial charge on any atom is -0.497 e. The molecule has 1 atom stereocenters. The number of benzene rings is 2. The fourth-order valence-corrected chi connectivity index (χ4v) is 4.49. The number of ether oxygens (including phenoxy) is 1. The van der Waals surface area contributed by atoms with Gasteiger partial charge in [0.2, 0.25) is 15.9 Å². The number of methoxy groups -OCH3 is 1. The van der Waals surface area contributed by atoms with Crippen LogP contribution in [-0.2, 0) is 21.2 Å². The van der Waals surface area contributed by atoms with Gasteiger partial charge in [0.05, 0.1) is 24.6 Å². The molecule has 27 heavy (non-hydrogen) atoms. The Kier molecular flexibility index (Phi) is 5.82. The van der Waals surface area contributed by atoms with Crippen molar-refractivity contribution < 1.29 is 17.9 Å². The molecule has 1 amide bonds. The van der Waals surface area contributed by atoms with E-state index in [9.17, 15) is 13.2 Å². The summed E-state index contributed by atoms with van der Waals surface area (Å²) in [7, 11) is -0.815. The molecule has 144 valence electrons. The summed E-state index contributed by atoms with van der Waals surface area (Å²) in [5, 5.41) is 2.98. The SMILES string of the molecule is COc1ccc(S(=O)(=O)N(C)CC(=O)N[C@H]2CCCc3ccccc32)cc1. The first-order valence-electron chi connectivity index (χ1n) is 8.89. The summed E-state index contributed by atoms with van der Waals surface area (Å²) in [5.41, 5.74) is 2.37. The minimum absolute atomic E-state index is 0.0699. The zero-order chi connectivity index (χ0) is 19.4. The predicted molar refractivity (Wildman–Crippen MR) is 103 cm³/mol. The quantitative estimate of drug-likeness (QED) is 0.825. The lowest BCUT2D eigenvalue weighted by molar-refractivity contribution is -0.122. The summed E-state index contributed by atoms with van der Waals surface area (Å²) in [6, 6.07) is 14.1. The van der Waals surface area contributed by atoms with Gasteiger partial charge < -0.3 is 10.1 Å². The molecule has 1 aliphatic rings. The Hall–Kier alpha value is -2.38. The number of rotatable bonds is 6. The second kappa shape index (κ2) is 8.10. The fraction of sp³-hybridized carbons (Fsp3) is 0.350. The lowest BCUT2D eigenvalue weighted by atomic mass is 9.88. The number of nitrogens with zero attached hydrogens (tertiary/aromatic N) is 1. The number of sulfonamides is 1. The number of nitrogens with one attached hydrogen (secondary N) is 1. The highest BCUT2D eigenvalue weighted by atomic mass is 32.2. The highest BCUT2D eigenvalue weighted by Gasteiger charge is 2.26. The van der Waals surface area contributed by atoms with Gasteiger partial charge in [-0.3, -0.25) is 4.79 Å². The molecule has 0 fully saturated rings. The molecule has 6 nitrogen and oxygen atoms in total. The lowest BCUT2D eigenvalue weighted by Gasteiger charge is -2.27. The van der Waals surface area contributed by atoms with Crippen LogP contribution in [0.2, 0.25) is 0 Å². The first kappa shape index (κ1) is 19.4. The molecular formula is C20H24N2O4S. The number of amides is 1. The highest BCUT2D eigenvalue weighted by molar-refractivity contribution is 7.89. The Labute approximate surface area is 160 Å². The Bertz CT molecular complexity index is 910. The van der Waals surface area contributed by atoms with Crippen LogP contribution in [0.5, 0.6) is 5.75 Å². The zero-order valence-corrected chi connectivity index (χ0v) is 16.3. The van der Waals surface area contributed by atoms with Crippen molar-refractivity contribution in [1.29, 1.82) is 0 Å². The average Bonchev–Trinajstić information content (AvgIpc) is 2.68. The Morgan fingerprint density at radius 3 is 2.59 bits per heavy atom. The third kappa shape index (κ3) is 4.31. The third-order valence-corrected chi connectivity index (χ3v) is 6.66. The summed E-state index contributed by atoms with van der Waals surface area (Å²) in [6.45, 7) is -0.229. The smallest absolute Gasteiger partial charge is 0.243 e. The van der Waals surface area contributed by atoms with E-state index >= 15 is 0 Å². The van der Waals surface area contributed by atoms with Crippen molar-refractivity contribution in [2.45, 2.75) is 30.2 Å². The molecule has 0 heterocycles. The minimum atomic E-state index is -3.74. The molecule has 0 saturated carbocycles. The van der Waals surface area contributed by atoms with Gasteiger partial charge >= 0.3 is 0 Å². The Morgan fingerprint density at radius 1 is 1.19 bits per heavy atom. The van der Waals surface area contributed by atoms with Crippen molar-refractivity contribution in [2.75, 3.05) is 20.7 Å². The normalized spacial score (nSPS) is 16.6. The zero-order valence-electron chi connectivity index (χ0n) is 15.5. The van der Waals surface area contributed by atoms with Crippen molar-refractivity contribution in [3.63, 3.8) is 0 Å². The van der Waals surface area contributed by atoms with Crippen molar-refractivity contribution >= 4 is 15.9 Å². The summed E-state index contributed by atoms with van der Waals surface area (Å²) in [5.74, 6) is 0.265. The first-order chi connectivity index (χ1) is 12.9. The van der Waals surface area contributed by atoms with E-state index in [1.54, 1.807) is 12.1 Å². The van der Waals surface area contributed by atoms with Gasteiger partial charge in [0.15, 0.2) is 0 Å². The molecule has 0 spiro atoms. The van der Waals surface area contributed by atoms with Crippen molar-refractivity contribution in [1.82, 2.24) is 9.62 Å². The number of hydrogen-bond acceptors (Lipinski definition) is 4. The average molecular weight is 388 g/mol. The summed E-state index contributed by atoms with van der Waals surface area (Å²) >= 11 is 0. The number of fused-ring (bicyclic) bond motifs is 1. The molecule has 0 bridgehead atoms. The molecule has 0 aliphatic heterocycles. The van der Waals surface area contributed by atoms with Gasteiger partial charge in [-0.25, -0.2) is 8.42 Å². The van der Waals surface area contributed by atoms with Gasteiger partial charge in [-0.05, 0) is 54.7 Å². The van der Waals surface area contributed by atoms with Crippen molar-refractivity contribution in [2.24, 2.45) is 0 Å². The van der Waals surface area contributed by atoms with Gasteiger partial charge in [0, 0.05) is 7.05 Å². The molecule has 3 rings (SSSR count). The Balaban J connectivity index is 1.67. The van der Waals surface area contributed by atoms with Crippen molar-refractivity contribution in [3.05, 3.63) is 59.7 Å². The van der Waals surface area contributed by atoms with Crippen LogP contribution >= 0.6 is 0 Å². The van der Waals surface area contributed by atoms with Crippen LogP contribution in [0.4, 0.5) is 0 Å². The largest absolute Gasteiger partial charge is 0.497 e. The van der Waals surface area contributed by atoms with E-state index < -0.39 is 10.0 Å². The van der Waals surface area contributed by atoms with Gasteiger partial charge in [0.1, 0.15) is 5.75 Å². The molecule has 1 aliphatic carbocycles. The molecule has 0 unspecified atom stereocenters. The lowest BCUT2D eigenvalue weighted by Crippen LogP contribution is -2.40. The molecule has 0 radical (unpaired) electrons. The van der Waals surface area contributed by atoms with E-state index in [0.717, 1.165) is 29.1 Å². The summed E-state index contributed by atoms with van der Waals surface area (Å²) in [6.07, 6.45) is 2.87. The van der Waals surface area contributed by atoms with Gasteiger partial charge in [-0.2, -0.15) is 4.31 Å². The van der Waals surface area contributed by atoms with E-state index in [1.807, 2.05) is 18.2 Å². The predicted octanol–water partition coefficient (Wildman–Crippen LogP) is 2.51. The second-order valence-electron chi connectivity index (χ2n) is 6.65. The Morgan fingerprint density at radius 2 is 1.89 bits per heavy atom. The van der Waals surface area contributed by atoms with Crippen LogP contribution in [0.15, 0.2) is 53.4 Å². The number of carbonyl (C=O) groups is 1. The molecule has 0 aromatic heterocycles. The van der Waals surface area contributed by atoms with Crippen LogP contribution in [0, 0.1) is 0 Å². The van der Waals surface area contributed by atoms with Crippen LogP contribution in [0.3, 0.4) is 0 Å². The van der Waals surface area contributed by atoms with E-state index in [4.69, 9.17) is 4.74 Å². The molecule has 2 aromatic carbocycles. The maximum Gasteiger partial charge on any atom is 0.243 e. The molecular weight excluding hydrogens is 364 g/mol. The molecule has 0 saturated heterocycles. The third-order valence-electron chi connectivity index (χ3n) is 4.84. The maximum atomic E-state index is 12.7. The van der Waals surface area contributed by atoms with E-state index in [1.165, 1.54) is 31.9 Å².